The zero-order chi connectivity index (χ0) is 26.9. The summed E-state index contributed by atoms with van der Waals surface area (Å²) in [6, 6.07) is 26.7. The van der Waals surface area contributed by atoms with E-state index in [9.17, 15) is 14.4 Å². The first-order chi connectivity index (χ1) is 18.4. The summed E-state index contributed by atoms with van der Waals surface area (Å²) in [5.74, 6) is 0.271. The lowest BCUT2D eigenvalue weighted by atomic mass is 10.1. The van der Waals surface area contributed by atoms with E-state index in [0.717, 1.165) is 27.6 Å². The highest BCUT2D eigenvalue weighted by Gasteiger charge is 2.11. The number of ether oxygens (including phenoxy) is 2. The van der Waals surface area contributed by atoms with Gasteiger partial charge in [0, 0.05) is 29.6 Å². The van der Waals surface area contributed by atoms with E-state index < -0.39 is 11.9 Å². The van der Waals surface area contributed by atoms with E-state index in [0.29, 0.717) is 23.5 Å². The molecule has 38 heavy (non-hydrogen) atoms. The fourth-order valence-corrected chi connectivity index (χ4v) is 3.91. The van der Waals surface area contributed by atoms with Crippen molar-refractivity contribution in [2.24, 2.45) is 0 Å². The summed E-state index contributed by atoms with van der Waals surface area (Å²) in [7, 11) is 0. The Labute approximate surface area is 221 Å². The van der Waals surface area contributed by atoms with Crippen molar-refractivity contribution in [3.05, 3.63) is 96.1 Å². The number of anilines is 2. The number of carbonyl (C=O) groups is 3. The summed E-state index contributed by atoms with van der Waals surface area (Å²) >= 11 is 0. The monoisotopic (exact) mass is 510 g/mol. The van der Waals surface area contributed by atoms with Gasteiger partial charge >= 0.3 is 5.97 Å². The summed E-state index contributed by atoms with van der Waals surface area (Å²) in [6.07, 6.45) is 0.506. The molecule has 0 bridgehead atoms. The molecule has 0 atom stereocenters. The van der Waals surface area contributed by atoms with Gasteiger partial charge in [-0.25, -0.2) is 0 Å². The average Bonchev–Trinajstić information content (AvgIpc) is 2.91. The third kappa shape index (κ3) is 7.43. The summed E-state index contributed by atoms with van der Waals surface area (Å²) in [4.78, 5) is 36.4. The molecule has 4 aromatic carbocycles. The molecule has 0 radical (unpaired) electrons. The summed E-state index contributed by atoms with van der Waals surface area (Å²) in [6.45, 7) is 3.45. The molecule has 2 N–H and O–H groups in total. The van der Waals surface area contributed by atoms with E-state index in [1.165, 1.54) is 0 Å². The lowest BCUT2D eigenvalue weighted by Crippen LogP contribution is -2.21. The number of benzene rings is 4. The zero-order valence-electron chi connectivity index (χ0n) is 21.5. The highest BCUT2D eigenvalue weighted by atomic mass is 16.5. The molecule has 0 saturated carbocycles. The molecule has 7 heteroatoms. The van der Waals surface area contributed by atoms with Gasteiger partial charge in [0.25, 0.3) is 5.91 Å². The lowest BCUT2D eigenvalue weighted by molar-refractivity contribution is -0.147. The van der Waals surface area contributed by atoms with Gasteiger partial charge in [-0.1, -0.05) is 48.5 Å². The van der Waals surface area contributed by atoms with Crippen molar-refractivity contribution in [1.29, 1.82) is 0 Å². The van der Waals surface area contributed by atoms with Crippen LogP contribution in [-0.2, 0) is 19.1 Å². The number of aryl methyl sites for hydroxylation is 2. The van der Waals surface area contributed by atoms with Gasteiger partial charge in [-0.2, -0.15) is 0 Å². The number of hydrogen-bond acceptors (Lipinski definition) is 5. The Kier molecular flexibility index (Phi) is 8.72. The molecule has 7 nitrogen and oxygen atoms in total. The molecule has 4 rings (SSSR count). The van der Waals surface area contributed by atoms with Crippen LogP contribution in [0.1, 0.15) is 30.4 Å². The summed E-state index contributed by atoms with van der Waals surface area (Å²) in [5, 5.41) is 7.67. The minimum Gasteiger partial charge on any atom is -0.457 e. The second-order valence-electron chi connectivity index (χ2n) is 9.03. The van der Waals surface area contributed by atoms with Crippen molar-refractivity contribution in [3.63, 3.8) is 0 Å². The molecule has 2 amide bonds. The van der Waals surface area contributed by atoms with E-state index in [1.54, 1.807) is 24.3 Å². The molecule has 0 spiro atoms. The van der Waals surface area contributed by atoms with Crippen molar-refractivity contribution in [3.8, 4) is 11.5 Å². The Balaban J connectivity index is 1.17. The van der Waals surface area contributed by atoms with Crippen LogP contribution in [0.25, 0.3) is 10.8 Å². The molecule has 194 valence electrons. The molecule has 0 saturated heterocycles. The van der Waals surface area contributed by atoms with Gasteiger partial charge in [0.1, 0.15) is 11.5 Å². The van der Waals surface area contributed by atoms with Crippen molar-refractivity contribution in [2.45, 2.75) is 33.1 Å². The quantitative estimate of drug-likeness (QED) is 0.236. The summed E-state index contributed by atoms with van der Waals surface area (Å²) in [5.41, 5.74) is 3.27. The van der Waals surface area contributed by atoms with Crippen LogP contribution in [-0.4, -0.2) is 24.4 Å². The third-order valence-electron chi connectivity index (χ3n) is 5.93. The zero-order valence-corrected chi connectivity index (χ0v) is 21.5. The Bertz CT molecular complexity index is 1440. The van der Waals surface area contributed by atoms with Crippen LogP contribution in [0, 0.1) is 13.8 Å². The summed E-state index contributed by atoms with van der Waals surface area (Å²) < 4.78 is 11.1. The average molecular weight is 511 g/mol. The maximum absolute atomic E-state index is 12.3. The molecule has 4 aromatic rings. The molecule has 0 aliphatic carbocycles. The van der Waals surface area contributed by atoms with E-state index in [-0.39, 0.29) is 25.4 Å². The predicted molar refractivity (Wildman–Crippen MR) is 148 cm³/mol. The van der Waals surface area contributed by atoms with Crippen LogP contribution in [0.15, 0.2) is 84.9 Å². The lowest BCUT2D eigenvalue weighted by Gasteiger charge is -2.10. The van der Waals surface area contributed by atoms with E-state index in [2.05, 4.69) is 10.6 Å². The fourth-order valence-electron chi connectivity index (χ4n) is 3.91. The standard InChI is InChI=1S/C31H30N2O5/c1-21-13-14-22(2)27(19-21)33-30(35)20-37-31(36)12-6-11-29(34)32-24-15-17-25(18-16-24)38-28-10-5-8-23-7-3-4-9-26(23)28/h3-5,7-10,13-19H,6,11-12,20H2,1-2H3,(H,32,34)(H,33,35). The highest BCUT2D eigenvalue weighted by molar-refractivity contribution is 5.94. The normalized spacial score (nSPS) is 10.6. The van der Waals surface area contributed by atoms with Crippen molar-refractivity contribution >= 4 is 39.9 Å². The van der Waals surface area contributed by atoms with E-state index in [4.69, 9.17) is 9.47 Å². The number of fused-ring (bicyclic) bond motifs is 1. The predicted octanol–water partition coefficient (Wildman–Crippen LogP) is 6.54. The van der Waals surface area contributed by atoms with Crippen LogP contribution < -0.4 is 15.4 Å². The second kappa shape index (κ2) is 12.5. The number of rotatable bonds is 10. The van der Waals surface area contributed by atoms with Gasteiger partial charge in [-0.05, 0) is 73.2 Å². The van der Waals surface area contributed by atoms with Crippen molar-refractivity contribution < 1.29 is 23.9 Å². The van der Waals surface area contributed by atoms with Crippen LogP contribution in [0.4, 0.5) is 11.4 Å². The first kappa shape index (κ1) is 26.4. The molecule has 0 heterocycles. The number of carbonyl (C=O) groups excluding carboxylic acids is 3. The van der Waals surface area contributed by atoms with Crippen molar-refractivity contribution in [1.82, 2.24) is 0 Å². The molecule has 0 aliphatic heterocycles. The maximum atomic E-state index is 12.3. The largest absolute Gasteiger partial charge is 0.457 e. The molecular weight excluding hydrogens is 480 g/mol. The Hall–Kier alpha value is -4.65. The molecule has 0 unspecified atom stereocenters. The van der Waals surface area contributed by atoms with E-state index >= 15 is 0 Å². The van der Waals surface area contributed by atoms with Crippen LogP contribution >= 0.6 is 0 Å². The molecule has 0 aliphatic rings. The third-order valence-corrected chi connectivity index (χ3v) is 5.93. The number of amides is 2. The Morgan fingerprint density at radius 1 is 0.763 bits per heavy atom. The Morgan fingerprint density at radius 2 is 1.53 bits per heavy atom. The van der Waals surface area contributed by atoms with Gasteiger partial charge < -0.3 is 20.1 Å². The van der Waals surface area contributed by atoms with Gasteiger partial charge in [-0.15, -0.1) is 0 Å². The van der Waals surface area contributed by atoms with Crippen LogP contribution in [0.2, 0.25) is 0 Å². The molecule has 0 fully saturated rings. The smallest absolute Gasteiger partial charge is 0.306 e. The molecule has 0 aromatic heterocycles. The minimum absolute atomic E-state index is 0.0436. The number of hydrogen-bond donors (Lipinski definition) is 2. The van der Waals surface area contributed by atoms with Gasteiger partial charge in [0.05, 0.1) is 0 Å². The SMILES string of the molecule is Cc1ccc(C)c(NC(=O)COC(=O)CCCC(=O)Nc2ccc(Oc3cccc4ccccc34)cc2)c1. The van der Waals surface area contributed by atoms with Gasteiger partial charge in [-0.3, -0.25) is 14.4 Å². The van der Waals surface area contributed by atoms with Gasteiger partial charge in [0.15, 0.2) is 6.61 Å². The van der Waals surface area contributed by atoms with E-state index in [1.807, 2.05) is 74.5 Å². The number of esters is 1. The first-order valence-corrected chi connectivity index (χ1v) is 12.5. The first-order valence-electron chi connectivity index (χ1n) is 12.5. The highest BCUT2D eigenvalue weighted by Crippen LogP contribution is 2.30. The Morgan fingerprint density at radius 3 is 2.34 bits per heavy atom. The molecular formula is C31H30N2O5. The van der Waals surface area contributed by atoms with Crippen LogP contribution in [0.3, 0.4) is 0 Å². The van der Waals surface area contributed by atoms with Crippen molar-refractivity contribution in [2.75, 3.05) is 17.2 Å². The van der Waals surface area contributed by atoms with Crippen LogP contribution in [0.5, 0.6) is 11.5 Å². The second-order valence-corrected chi connectivity index (χ2v) is 9.03. The number of nitrogens with one attached hydrogen (secondary N) is 2. The topological polar surface area (TPSA) is 93.7 Å². The fraction of sp³-hybridized carbons (Fsp3) is 0.194. The minimum atomic E-state index is -0.524. The van der Waals surface area contributed by atoms with Gasteiger partial charge in [0.2, 0.25) is 5.91 Å². The maximum Gasteiger partial charge on any atom is 0.306 e.